The topological polar surface area (TPSA) is 52.6 Å². The van der Waals surface area contributed by atoms with E-state index in [2.05, 4.69) is 19.2 Å². The van der Waals surface area contributed by atoms with Crippen molar-refractivity contribution in [1.82, 2.24) is 4.90 Å². The normalized spacial score (nSPS) is 24.3. The molecule has 1 fully saturated rings. The molecule has 2 amide bonds. The summed E-state index contributed by atoms with van der Waals surface area (Å²) in [6.07, 6.45) is 1.59. The summed E-state index contributed by atoms with van der Waals surface area (Å²) in [5.74, 6) is 0.688. The van der Waals surface area contributed by atoms with Gasteiger partial charge in [0.25, 0.3) is 0 Å². The van der Waals surface area contributed by atoms with Gasteiger partial charge in [0.2, 0.25) is 0 Å². The molecule has 1 aromatic rings. The Morgan fingerprint density at radius 2 is 2.20 bits per heavy atom. The first kappa shape index (κ1) is 14.9. The van der Waals surface area contributed by atoms with E-state index < -0.39 is 6.10 Å². The van der Waals surface area contributed by atoms with Gasteiger partial charge in [-0.2, -0.15) is 0 Å². The monoisotopic (exact) mass is 276 g/mol. The van der Waals surface area contributed by atoms with Gasteiger partial charge in [0.15, 0.2) is 0 Å². The van der Waals surface area contributed by atoms with Crippen LogP contribution >= 0.6 is 0 Å². The Labute approximate surface area is 120 Å². The van der Waals surface area contributed by atoms with Crippen molar-refractivity contribution in [2.75, 3.05) is 11.9 Å². The van der Waals surface area contributed by atoms with Crippen LogP contribution in [-0.2, 0) is 0 Å². The fraction of sp³-hybridized carbons (Fsp3) is 0.562. The number of likely N-dealkylation sites (tertiary alicyclic amines) is 1. The summed E-state index contributed by atoms with van der Waals surface area (Å²) in [7, 11) is 0. The summed E-state index contributed by atoms with van der Waals surface area (Å²) >= 11 is 0. The highest BCUT2D eigenvalue weighted by molar-refractivity contribution is 5.89. The third-order valence-electron chi connectivity index (χ3n) is 4.02. The van der Waals surface area contributed by atoms with E-state index in [1.54, 1.807) is 6.92 Å². The molecule has 2 rings (SSSR count). The first-order chi connectivity index (χ1) is 9.47. The molecule has 3 atom stereocenters. The molecule has 0 aromatic heterocycles. The highest BCUT2D eigenvalue weighted by atomic mass is 16.3. The molecule has 3 unspecified atom stereocenters. The number of aliphatic hydroxyl groups excluding tert-OH is 1. The van der Waals surface area contributed by atoms with Gasteiger partial charge in [-0.05, 0) is 50.3 Å². The van der Waals surface area contributed by atoms with E-state index in [-0.39, 0.29) is 12.1 Å². The first-order valence-corrected chi connectivity index (χ1v) is 7.33. The molecular formula is C16H24N2O2. The lowest BCUT2D eigenvalue weighted by molar-refractivity contribution is 0.150. The summed E-state index contributed by atoms with van der Waals surface area (Å²) in [4.78, 5) is 14.2. The summed E-state index contributed by atoms with van der Waals surface area (Å²) < 4.78 is 0. The Morgan fingerprint density at radius 3 is 2.85 bits per heavy atom. The average Bonchev–Trinajstić information content (AvgIpc) is 2.38. The fourth-order valence-electron chi connectivity index (χ4n) is 2.78. The van der Waals surface area contributed by atoms with E-state index in [1.807, 2.05) is 29.2 Å². The van der Waals surface area contributed by atoms with Crippen LogP contribution in [0.5, 0.6) is 0 Å². The maximum Gasteiger partial charge on any atom is 0.322 e. The van der Waals surface area contributed by atoms with Gasteiger partial charge in [0, 0.05) is 18.3 Å². The predicted octanol–water partition coefficient (Wildman–Crippen LogP) is 3.39. The molecule has 1 saturated heterocycles. The number of benzene rings is 1. The Kier molecular flexibility index (Phi) is 4.65. The number of aliphatic hydroxyl groups is 1. The Bertz CT molecular complexity index is 473. The van der Waals surface area contributed by atoms with E-state index in [0.717, 1.165) is 30.6 Å². The van der Waals surface area contributed by atoms with Gasteiger partial charge in [-0.1, -0.05) is 19.1 Å². The van der Waals surface area contributed by atoms with Gasteiger partial charge in [-0.15, -0.1) is 0 Å². The van der Waals surface area contributed by atoms with Gasteiger partial charge in [-0.3, -0.25) is 0 Å². The third-order valence-corrected chi connectivity index (χ3v) is 4.02. The van der Waals surface area contributed by atoms with Crippen LogP contribution in [0.15, 0.2) is 24.3 Å². The quantitative estimate of drug-likeness (QED) is 0.870. The number of nitrogens with zero attached hydrogens (tertiary/aromatic N) is 1. The summed E-state index contributed by atoms with van der Waals surface area (Å²) in [5.41, 5.74) is 1.54. The second kappa shape index (κ2) is 6.27. The number of urea groups is 1. The zero-order chi connectivity index (χ0) is 14.7. The minimum atomic E-state index is -0.526. The van der Waals surface area contributed by atoms with Crippen molar-refractivity contribution in [3.63, 3.8) is 0 Å². The number of anilines is 1. The van der Waals surface area contributed by atoms with Crippen molar-refractivity contribution in [2.45, 2.75) is 45.8 Å². The van der Waals surface area contributed by atoms with Gasteiger partial charge in [-0.25, -0.2) is 4.79 Å². The molecule has 110 valence electrons. The molecule has 1 heterocycles. The summed E-state index contributed by atoms with van der Waals surface area (Å²) in [5, 5.41) is 12.5. The van der Waals surface area contributed by atoms with Crippen LogP contribution in [-0.4, -0.2) is 28.6 Å². The molecule has 4 heteroatoms. The predicted molar refractivity (Wildman–Crippen MR) is 80.7 cm³/mol. The highest BCUT2D eigenvalue weighted by Gasteiger charge is 2.26. The lowest BCUT2D eigenvalue weighted by Crippen LogP contribution is -2.46. The van der Waals surface area contributed by atoms with Gasteiger partial charge in [0.05, 0.1) is 6.10 Å². The van der Waals surface area contributed by atoms with Crippen LogP contribution in [0.3, 0.4) is 0 Å². The van der Waals surface area contributed by atoms with Crippen LogP contribution in [0, 0.1) is 5.92 Å². The average molecular weight is 276 g/mol. The standard InChI is InChI=1S/C16H24N2O2/c1-11-7-8-18(12(2)9-11)16(20)17-15-6-4-5-14(10-15)13(3)19/h4-6,10-13,19H,7-9H2,1-3H3,(H,17,20). The molecule has 2 N–H and O–H groups in total. The SMILES string of the molecule is CC1CCN(C(=O)Nc2cccc(C(C)O)c2)C(C)C1. The van der Waals surface area contributed by atoms with Crippen molar-refractivity contribution < 1.29 is 9.90 Å². The number of rotatable bonds is 2. The van der Waals surface area contributed by atoms with Gasteiger partial charge in [0.1, 0.15) is 0 Å². The number of hydrogen-bond donors (Lipinski definition) is 2. The van der Waals surface area contributed by atoms with Crippen molar-refractivity contribution in [1.29, 1.82) is 0 Å². The van der Waals surface area contributed by atoms with E-state index in [0.29, 0.717) is 5.92 Å². The second-order valence-electron chi connectivity index (χ2n) is 5.90. The second-order valence-corrected chi connectivity index (χ2v) is 5.90. The number of nitrogens with one attached hydrogen (secondary N) is 1. The lowest BCUT2D eigenvalue weighted by Gasteiger charge is -2.36. The van der Waals surface area contributed by atoms with Crippen LogP contribution < -0.4 is 5.32 Å². The van der Waals surface area contributed by atoms with E-state index >= 15 is 0 Å². The number of carbonyl (C=O) groups excluding carboxylic acids is 1. The Balaban J connectivity index is 2.02. The minimum Gasteiger partial charge on any atom is -0.389 e. The minimum absolute atomic E-state index is 0.0489. The molecule has 4 nitrogen and oxygen atoms in total. The number of piperidine rings is 1. The number of carbonyl (C=O) groups is 1. The lowest BCUT2D eigenvalue weighted by atomic mass is 9.94. The zero-order valence-corrected chi connectivity index (χ0v) is 12.5. The molecule has 0 spiro atoms. The number of amides is 2. The molecule has 0 saturated carbocycles. The van der Waals surface area contributed by atoms with E-state index in [4.69, 9.17) is 0 Å². The molecule has 1 aliphatic heterocycles. The summed E-state index contributed by atoms with van der Waals surface area (Å²) in [6.45, 7) is 6.86. The van der Waals surface area contributed by atoms with E-state index in [1.165, 1.54) is 0 Å². The van der Waals surface area contributed by atoms with Crippen LogP contribution in [0.2, 0.25) is 0 Å². The molecular weight excluding hydrogens is 252 g/mol. The maximum atomic E-state index is 12.3. The van der Waals surface area contributed by atoms with Gasteiger partial charge >= 0.3 is 6.03 Å². The molecule has 0 radical (unpaired) electrons. The number of hydrogen-bond acceptors (Lipinski definition) is 2. The first-order valence-electron chi connectivity index (χ1n) is 7.33. The van der Waals surface area contributed by atoms with Crippen LogP contribution in [0.25, 0.3) is 0 Å². The van der Waals surface area contributed by atoms with E-state index in [9.17, 15) is 9.90 Å². The van der Waals surface area contributed by atoms with Crippen LogP contribution in [0.4, 0.5) is 10.5 Å². The van der Waals surface area contributed by atoms with Crippen molar-refractivity contribution in [2.24, 2.45) is 5.92 Å². The Hall–Kier alpha value is -1.55. The van der Waals surface area contributed by atoms with Crippen molar-refractivity contribution >= 4 is 11.7 Å². The van der Waals surface area contributed by atoms with Crippen molar-refractivity contribution in [3.8, 4) is 0 Å². The highest BCUT2D eigenvalue weighted by Crippen LogP contribution is 2.23. The van der Waals surface area contributed by atoms with Crippen LogP contribution in [0.1, 0.15) is 45.3 Å². The maximum absolute atomic E-state index is 12.3. The molecule has 1 aromatic carbocycles. The molecule has 1 aliphatic rings. The van der Waals surface area contributed by atoms with Crippen molar-refractivity contribution in [3.05, 3.63) is 29.8 Å². The smallest absolute Gasteiger partial charge is 0.322 e. The molecule has 20 heavy (non-hydrogen) atoms. The zero-order valence-electron chi connectivity index (χ0n) is 12.5. The molecule has 0 bridgehead atoms. The largest absolute Gasteiger partial charge is 0.389 e. The fourth-order valence-corrected chi connectivity index (χ4v) is 2.78. The molecule has 0 aliphatic carbocycles. The Morgan fingerprint density at radius 1 is 1.45 bits per heavy atom. The van der Waals surface area contributed by atoms with Gasteiger partial charge < -0.3 is 15.3 Å². The third kappa shape index (κ3) is 3.51. The summed E-state index contributed by atoms with van der Waals surface area (Å²) in [6, 6.07) is 7.59.